The maximum absolute atomic E-state index is 6.12. The summed E-state index contributed by atoms with van der Waals surface area (Å²) in [7, 11) is 0. The van der Waals surface area contributed by atoms with Gasteiger partial charge in [-0.05, 0) is 18.9 Å². The van der Waals surface area contributed by atoms with Gasteiger partial charge >= 0.3 is 0 Å². The Balaban J connectivity index is 1.91. The molecule has 2 rings (SSSR count). The largest absolute Gasteiger partial charge is 0.464 e. The first-order chi connectivity index (χ1) is 10.9. The Hall–Kier alpha value is -1.28. The smallest absolute Gasteiger partial charge is 0.199 e. The van der Waals surface area contributed by atoms with Gasteiger partial charge in [-0.2, -0.15) is 0 Å². The van der Waals surface area contributed by atoms with Gasteiger partial charge in [-0.1, -0.05) is 75.8 Å². The summed E-state index contributed by atoms with van der Waals surface area (Å²) < 4.78 is 12.1. The van der Waals surface area contributed by atoms with Crippen LogP contribution in [-0.4, -0.2) is 12.9 Å². The van der Waals surface area contributed by atoms with E-state index < -0.39 is 0 Å². The highest BCUT2D eigenvalue weighted by atomic mass is 16.7. The van der Waals surface area contributed by atoms with Crippen LogP contribution >= 0.6 is 0 Å². The molecule has 0 saturated carbocycles. The van der Waals surface area contributed by atoms with E-state index in [2.05, 4.69) is 6.58 Å². The fourth-order valence-corrected chi connectivity index (χ4v) is 2.94. The molecule has 0 N–H and O–H groups in total. The Morgan fingerprint density at radius 1 is 0.909 bits per heavy atom. The van der Waals surface area contributed by atoms with Crippen molar-refractivity contribution in [2.45, 2.75) is 70.5 Å². The second-order valence-corrected chi connectivity index (χ2v) is 6.13. The zero-order valence-corrected chi connectivity index (χ0v) is 13.8. The van der Waals surface area contributed by atoms with Crippen molar-refractivity contribution in [3.8, 4) is 5.75 Å². The van der Waals surface area contributed by atoms with E-state index in [9.17, 15) is 0 Å². The molecular weight excluding hydrogens is 272 g/mol. The van der Waals surface area contributed by atoms with Gasteiger partial charge in [-0.25, -0.2) is 0 Å². The average Bonchev–Trinajstić information content (AvgIpc) is 2.57. The molecular formula is C20H30O2. The molecule has 0 radical (unpaired) electrons. The van der Waals surface area contributed by atoms with Crippen molar-refractivity contribution in [2.24, 2.45) is 0 Å². The molecule has 0 aliphatic carbocycles. The Morgan fingerprint density at radius 2 is 1.55 bits per heavy atom. The number of rotatable bonds is 3. The van der Waals surface area contributed by atoms with Crippen LogP contribution in [-0.2, 0) is 4.74 Å². The fourth-order valence-electron chi connectivity index (χ4n) is 2.94. The van der Waals surface area contributed by atoms with Crippen molar-refractivity contribution < 1.29 is 9.47 Å². The molecule has 1 aromatic carbocycles. The highest BCUT2D eigenvalue weighted by molar-refractivity contribution is 5.55. The van der Waals surface area contributed by atoms with Crippen molar-refractivity contribution in [1.82, 2.24) is 0 Å². The molecule has 0 aromatic heterocycles. The lowest BCUT2D eigenvalue weighted by molar-refractivity contribution is -0.0865. The quantitative estimate of drug-likeness (QED) is 0.685. The van der Waals surface area contributed by atoms with Crippen molar-refractivity contribution >= 4 is 6.08 Å². The number of hydrogen-bond acceptors (Lipinski definition) is 2. The molecule has 2 nitrogen and oxygen atoms in total. The highest BCUT2D eigenvalue weighted by Crippen LogP contribution is 2.23. The van der Waals surface area contributed by atoms with Crippen LogP contribution in [0.1, 0.15) is 69.8 Å². The molecule has 0 amide bonds. The van der Waals surface area contributed by atoms with Crippen LogP contribution in [0.15, 0.2) is 30.8 Å². The maximum Gasteiger partial charge on any atom is 0.199 e. The zero-order valence-electron chi connectivity index (χ0n) is 13.8. The molecule has 1 aliphatic heterocycles. The number of ether oxygens (including phenoxy) is 2. The summed E-state index contributed by atoms with van der Waals surface area (Å²) in [6.45, 7) is 4.66. The van der Waals surface area contributed by atoms with Gasteiger partial charge in [-0.3, -0.25) is 0 Å². The Bertz CT molecular complexity index is 413. The Labute approximate surface area is 135 Å². The summed E-state index contributed by atoms with van der Waals surface area (Å²) in [5.74, 6) is 0.881. The molecule has 1 atom stereocenters. The average molecular weight is 302 g/mol. The first-order valence-electron chi connectivity index (χ1n) is 8.90. The third-order valence-electron chi connectivity index (χ3n) is 4.29. The monoisotopic (exact) mass is 302 g/mol. The zero-order chi connectivity index (χ0) is 15.5. The molecule has 1 aliphatic rings. The minimum absolute atomic E-state index is 0.123. The molecule has 1 saturated heterocycles. The van der Waals surface area contributed by atoms with Gasteiger partial charge in [0.2, 0.25) is 0 Å². The SMILES string of the molecule is C=Cc1ccccc1OC1CCCCCCCCCCCO1. The molecule has 22 heavy (non-hydrogen) atoms. The van der Waals surface area contributed by atoms with Crippen LogP contribution < -0.4 is 4.74 Å². The van der Waals surface area contributed by atoms with Crippen molar-refractivity contribution in [1.29, 1.82) is 0 Å². The van der Waals surface area contributed by atoms with Crippen LogP contribution in [0.3, 0.4) is 0 Å². The standard InChI is InChI=1S/C20H30O2/c1-2-18-14-11-12-15-19(18)22-20-16-10-8-6-4-3-5-7-9-13-17-21-20/h2,11-12,14-15,20H,1,3-10,13,16-17H2. The van der Waals surface area contributed by atoms with Gasteiger partial charge in [0, 0.05) is 12.0 Å². The van der Waals surface area contributed by atoms with Crippen molar-refractivity contribution in [3.05, 3.63) is 36.4 Å². The van der Waals surface area contributed by atoms with Gasteiger partial charge < -0.3 is 9.47 Å². The Kier molecular flexibility index (Phi) is 8.11. The minimum Gasteiger partial charge on any atom is -0.464 e. The lowest BCUT2D eigenvalue weighted by atomic mass is 10.1. The predicted octanol–water partition coefficient (Wildman–Crippen LogP) is 5.97. The molecule has 122 valence electrons. The molecule has 1 fully saturated rings. The van der Waals surface area contributed by atoms with Crippen molar-refractivity contribution in [2.75, 3.05) is 6.61 Å². The van der Waals surface area contributed by atoms with E-state index in [1.807, 2.05) is 30.3 Å². The summed E-state index contributed by atoms with van der Waals surface area (Å²) in [6.07, 6.45) is 14.4. The maximum atomic E-state index is 6.12. The van der Waals surface area contributed by atoms with Crippen molar-refractivity contribution in [3.63, 3.8) is 0 Å². The lowest BCUT2D eigenvalue weighted by Crippen LogP contribution is -2.21. The lowest BCUT2D eigenvalue weighted by Gasteiger charge is -2.21. The van der Waals surface area contributed by atoms with Crippen LogP contribution in [0.25, 0.3) is 6.08 Å². The molecule has 1 unspecified atom stereocenters. The second kappa shape index (κ2) is 10.4. The highest BCUT2D eigenvalue weighted by Gasteiger charge is 2.12. The molecule has 1 heterocycles. The van der Waals surface area contributed by atoms with Crippen LogP contribution in [0.4, 0.5) is 0 Å². The van der Waals surface area contributed by atoms with E-state index in [1.165, 1.54) is 51.4 Å². The number of para-hydroxylation sites is 1. The van der Waals surface area contributed by atoms with E-state index >= 15 is 0 Å². The molecule has 2 heteroatoms. The minimum atomic E-state index is -0.123. The number of hydrogen-bond donors (Lipinski definition) is 0. The first kappa shape index (κ1) is 17.1. The van der Waals surface area contributed by atoms with Gasteiger partial charge in [0.05, 0.1) is 6.61 Å². The van der Waals surface area contributed by atoms with Gasteiger partial charge in [0.1, 0.15) is 5.75 Å². The fraction of sp³-hybridized carbons (Fsp3) is 0.600. The summed E-state index contributed by atoms with van der Waals surface area (Å²) in [5.41, 5.74) is 1.04. The second-order valence-electron chi connectivity index (χ2n) is 6.13. The van der Waals surface area contributed by atoms with E-state index in [4.69, 9.17) is 9.47 Å². The number of benzene rings is 1. The van der Waals surface area contributed by atoms with E-state index in [-0.39, 0.29) is 6.29 Å². The summed E-state index contributed by atoms with van der Waals surface area (Å²) in [6, 6.07) is 8.04. The normalized spacial score (nSPS) is 21.9. The van der Waals surface area contributed by atoms with Crippen LogP contribution in [0.2, 0.25) is 0 Å². The van der Waals surface area contributed by atoms with Gasteiger partial charge in [-0.15, -0.1) is 0 Å². The van der Waals surface area contributed by atoms with E-state index in [0.717, 1.165) is 30.8 Å². The Morgan fingerprint density at radius 3 is 2.27 bits per heavy atom. The molecule has 0 spiro atoms. The van der Waals surface area contributed by atoms with E-state index in [0.29, 0.717) is 0 Å². The topological polar surface area (TPSA) is 18.5 Å². The molecule has 0 bridgehead atoms. The summed E-state index contributed by atoms with van der Waals surface area (Å²) in [4.78, 5) is 0. The van der Waals surface area contributed by atoms with Gasteiger partial charge in [0.15, 0.2) is 6.29 Å². The first-order valence-corrected chi connectivity index (χ1v) is 8.90. The summed E-state index contributed by atoms with van der Waals surface area (Å²) >= 11 is 0. The third kappa shape index (κ3) is 6.23. The molecule has 1 aromatic rings. The van der Waals surface area contributed by atoms with Crippen LogP contribution in [0, 0.1) is 0 Å². The predicted molar refractivity (Wildman–Crippen MR) is 93.1 cm³/mol. The van der Waals surface area contributed by atoms with Gasteiger partial charge in [0.25, 0.3) is 0 Å². The summed E-state index contributed by atoms with van der Waals surface area (Å²) in [5, 5.41) is 0. The van der Waals surface area contributed by atoms with Crippen LogP contribution in [0.5, 0.6) is 5.75 Å². The third-order valence-corrected chi connectivity index (χ3v) is 4.29. The van der Waals surface area contributed by atoms with E-state index in [1.54, 1.807) is 0 Å².